The summed E-state index contributed by atoms with van der Waals surface area (Å²) in [4.78, 5) is 44.1. The van der Waals surface area contributed by atoms with Crippen molar-refractivity contribution >= 4 is 17.9 Å². The molecule has 6 atom stereocenters. The number of fused-ring (bicyclic) bond motifs is 2. The van der Waals surface area contributed by atoms with Gasteiger partial charge in [-0.25, -0.2) is 14.4 Å². The van der Waals surface area contributed by atoms with Crippen LogP contribution < -0.4 is 0 Å². The Kier molecular flexibility index (Phi) is 12.9. The molecule has 0 saturated carbocycles. The molecule has 0 radical (unpaired) electrons. The van der Waals surface area contributed by atoms with Crippen molar-refractivity contribution in [2.45, 2.75) is 147 Å². The molecule has 2 saturated heterocycles. The Balaban J connectivity index is 2.07. The van der Waals surface area contributed by atoms with Gasteiger partial charge in [0.1, 0.15) is 29.0 Å². The molecule has 0 aromatic heterocycles. The largest absolute Gasteiger partial charge is 0.458 e. The number of hydrogen-bond acceptors (Lipinski definition) is 13. The summed E-state index contributed by atoms with van der Waals surface area (Å²) >= 11 is 0. The summed E-state index contributed by atoms with van der Waals surface area (Å²) < 4.78 is 55.1. The first kappa shape index (κ1) is 42.3. The molecule has 53 heavy (non-hydrogen) atoms. The van der Waals surface area contributed by atoms with Crippen LogP contribution in [-0.4, -0.2) is 95.6 Å². The predicted molar refractivity (Wildman–Crippen MR) is 191 cm³/mol. The second-order valence-electron chi connectivity index (χ2n) is 16.3. The minimum atomic E-state index is -3.26. The zero-order chi connectivity index (χ0) is 39.5. The lowest BCUT2D eigenvalue weighted by molar-refractivity contribution is -0.382. The van der Waals surface area contributed by atoms with Crippen LogP contribution in [0.3, 0.4) is 0 Å². The summed E-state index contributed by atoms with van der Waals surface area (Å²) in [5.74, 6) is -5.84. The highest BCUT2D eigenvalue weighted by Gasteiger charge is 2.86. The molecule has 4 rings (SSSR count). The maximum Gasteiger partial charge on any atom is 0.346 e. The van der Waals surface area contributed by atoms with Crippen molar-refractivity contribution in [2.24, 2.45) is 0 Å². The smallest absolute Gasteiger partial charge is 0.346 e. The van der Waals surface area contributed by atoms with E-state index in [-0.39, 0.29) is 26.1 Å². The van der Waals surface area contributed by atoms with Crippen LogP contribution in [-0.2, 0) is 70.2 Å². The molecule has 2 fully saturated rings. The maximum absolute atomic E-state index is 15.1. The Bertz CT molecular complexity index is 1540. The van der Waals surface area contributed by atoms with Gasteiger partial charge in [0, 0.05) is 27.1 Å². The first-order valence-electron chi connectivity index (χ1n) is 17.8. The van der Waals surface area contributed by atoms with Crippen molar-refractivity contribution in [3.63, 3.8) is 0 Å². The number of carbonyl (C=O) groups excluding carboxylic acids is 3. The van der Waals surface area contributed by atoms with Crippen molar-refractivity contribution in [2.75, 3.05) is 14.2 Å². The van der Waals surface area contributed by atoms with Crippen molar-refractivity contribution in [3.8, 4) is 0 Å². The molecule has 0 amide bonds. The quantitative estimate of drug-likeness (QED) is 0.154. The number of esters is 3. The molecule has 0 unspecified atom stereocenters. The molecule has 0 aliphatic carbocycles. The van der Waals surface area contributed by atoms with Crippen LogP contribution in [0.15, 0.2) is 60.7 Å². The van der Waals surface area contributed by atoms with Gasteiger partial charge in [-0.1, -0.05) is 60.7 Å². The molecule has 2 bridgehead atoms. The highest BCUT2D eigenvalue weighted by molar-refractivity contribution is 5.99. The van der Waals surface area contributed by atoms with Gasteiger partial charge in [-0.05, 0) is 73.4 Å². The Morgan fingerprint density at radius 3 is 1.60 bits per heavy atom. The lowest BCUT2D eigenvalue weighted by atomic mass is 9.74. The molecule has 13 nitrogen and oxygen atoms in total. The summed E-state index contributed by atoms with van der Waals surface area (Å²) in [6, 6.07) is 18.3. The molecule has 0 spiro atoms. The van der Waals surface area contributed by atoms with E-state index in [1.807, 2.05) is 48.5 Å². The summed E-state index contributed by atoms with van der Waals surface area (Å²) in [5, 5.41) is 13.2. The van der Waals surface area contributed by atoms with Gasteiger partial charge in [0.25, 0.3) is 0 Å². The number of methoxy groups -OCH3 is 2. The SMILES string of the molecule is COC(CC[C@]12O[C@H](C(=O)OC(C)(C)C)[C@@](O)(C(=O)OC(C)(C)C)[C@](C(=O)OC(C)(C)C)(O1)[C@H](OCc1ccccc1)[C@H]2OCc1ccccc1)OC. The van der Waals surface area contributed by atoms with Gasteiger partial charge in [-0.3, -0.25) is 0 Å². The van der Waals surface area contributed by atoms with E-state index in [0.29, 0.717) is 5.56 Å². The second-order valence-corrected chi connectivity index (χ2v) is 16.3. The Hall–Kier alpha value is -3.43. The van der Waals surface area contributed by atoms with Crippen molar-refractivity contribution in [3.05, 3.63) is 71.8 Å². The van der Waals surface area contributed by atoms with E-state index in [2.05, 4.69) is 0 Å². The van der Waals surface area contributed by atoms with Gasteiger partial charge in [0.15, 0.2) is 12.1 Å². The number of rotatable bonds is 14. The van der Waals surface area contributed by atoms with Gasteiger partial charge >= 0.3 is 17.9 Å². The highest BCUT2D eigenvalue weighted by atomic mass is 16.8. The van der Waals surface area contributed by atoms with Crippen LogP contribution >= 0.6 is 0 Å². The first-order valence-corrected chi connectivity index (χ1v) is 17.8. The van der Waals surface area contributed by atoms with E-state index in [1.54, 1.807) is 74.4 Å². The van der Waals surface area contributed by atoms with Gasteiger partial charge in [-0.15, -0.1) is 0 Å². The summed E-state index contributed by atoms with van der Waals surface area (Å²) in [5.41, 5.74) is -8.19. The summed E-state index contributed by atoms with van der Waals surface area (Å²) in [7, 11) is 2.90. The zero-order valence-corrected chi connectivity index (χ0v) is 32.8. The van der Waals surface area contributed by atoms with Crippen LogP contribution in [0, 0.1) is 0 Å². The molecule has 13 heteroatoms. The average molecular weight is 745 g/mol. The number of carbonyl (C=O) groups is 3. The van der Waals surface area contributed by atoms with Gasteiger partial charge in [-0.2, -0.15) is 0 Å². The fourth-order valence-electron chi connectivity index (χ4n) is 6.40. The third-order valence-corrected chi connectivity index (χ3v) is 8.54. The Morgan fingerprint density at radius 2 is 1.15 bits per heavy atom. The number of hydrogen-bond donors (Lipinski definition) is 1. The minimum Gasteiger partial charge on any atom is -0.458 e. The van der Waals surface area contributed by atoms with E-state index in [9.17, 15) is 14.7 Å². The van der Waals surface area contributed by atoms with E-state index < -0.39 is 76.3 Å². The van der Waals surface area contributed by atoms with E-state index in [4.69, 9.17) is 42.6 Å². The number of ether oxygens (including phenoxy) is 9. The molecular weight excluding hydrogens is 688 g/mol. The summed E-state index contributed by atoms with van der Waals surface area (Å²) in [6.45, 7) is 14.2. The minimum absolute atomic E-state index is 0.0461. The number of benzene rings is 2. The molecule has 2 aliphatic rings. The lowest BCUT2D eigenvalue weighted by Gasteiger charge is -2.51. The molecular formula is C40H56O13. The van der Waals surface area contributed by atoms with Crippen LogP contribution in [0.25, 0.3) is 0 Å². The maximum atomic E-state index is 15.1. The highest BCUT2D eigenvalue weighted by Crippen LogP contribution is 2.58. The molecule has 2 heterocycles. The normalized spacial score (nSPS) is 27.4. The van der Waals surface area contributed by atoms with Gasteiger partial charge < -0.3 is 47.7 Å². The third kappa shape index (κ3) is 9.45. The van der Waals surface area contributed by atoms with Crippen LogP contribution in [0.5, 0.6) is 0 Å². The summed E-state index contributed by atoms with van der Waals surface area (Å²) in [6.07, 6.45) is -6.12. The van der Waals surface area contributed by atoms with E-state index >= 15 is 4.79 Å². The molecule has 2 aliphatic heterocycles. The fraction of sp³-hybridized carbons (Fsp3) is 0.625. The molecule has 2 aromatic carbocycles. The molecule has 2 aromatic rings. The molecule has 294 valence electrons. The average Bonchev–Trinajstić information content (AvgIpc) is 3.30. The second kappa shape index (κ2) is 16.1. The van der Waals surface area contributed by atoms with Crippen molar-refractivity contribution < 1.29 is 62.1 Å². The van der Waals surface area contributed by atoms with Crippen LogP contribution in [0.2, 0.25) is 0 Å². The predicted octanol–water partition coefficient (Wildman–Crippen LogP) is 5.18. The Morgan fingerprint density at radius 1 is 0.698 bits per heavy atom. The third-order valence-electron chi connectivity index (χ3n) is 8.54. The van der Waals surface area contributed by atoms with E-state index in [1.165, 1.54) is 14.2 Å². The molecule has 1 N–H and O–H groups in total. The lowest BCUT2D eigenvalue weighted by Crippen LogP contribution is -2.79. The van der Waals surface area contributed by atoms with Crippen LogP contribution in [0.4, 0.5) is 0 Å². The van der Waals surface area contributed by atoms with Crippen molar-refractivity contribution in [1.82, 2.24) is 0 Å². The Labute approximate surface area is 312 Å². The standard InChI is InChI=1S/C40H56O13/c1-35(2,3)50-32(41)31-39(44,33(42)51-36(4,5)6)40(34(43)52-37(7,8)9)30(48-25-27-20-16-13-17-21-27)29(47-24-26-18-14-12-15-19-26)38(49-31,53-40)23-22-28(45-10)46-11/h12-21,28-31,44H,22-25H2,1-11H3/t29-,30-,31-,38+,39-,40+/m1/s1. The van der Waals surface area contributed by atoms with Crippen molar-refractivity contribution in [1.29, 1.82) is 0 Å². The number of aliphatic hydroxyl groups is 1. The van der Waals surface area contributed by atoms with Gasteiger partial charge in [0.05, 0.1) is 13.2 Å². The fourth-order valence-corrected chi connectivity index (χ4v) is 6.40. The topological polar surface area (TPSA) is 155 Å². The van der Waals surface area contributed by atoms with Gasteiger partial charge in [0.2, 0.25) is 17.3 Å². The van der Waals surface area contributed by atoms with E-state index in [0.717, 1.165) is 5.56 Å². The first-order chi connectivity index (χ1) is 24.6. The van der Waals surface area contributed by atoms with Crippen LogP contribution in [0.1, 0.15) is 86.3 Å². The zero-order valence-electron chi connectivity index (χ0n) is 32.8. The monoisotopic (exact) mass is 744 g/mol.